The van der Waals surface area contributed by atoms with Gasteiger partial charge in [-0.25, -0.2) is 4.79 Å². The molecule has 0 radical (unpaired) electrons. The second-order valence-electron chi connectivity index (χ2n) is 4.76. The number of halogens is 1. The Balaban J connectivity index is 2.19. The maximum atomic E-state index is 11.3. The van der Waals surface area contributed by atoms with E-state index in [1.807, 2.05) is 45.1 Å². The van der Waals surface area contributed by atoms with Crippen LogP contribution < -0.4 is 5.32 Å². The molecule has 0 spiro atoms. The number of hydrogen-bond acceptors (Lipinski definition) is 3. The highest BCUT2D eigenvalue weighted by Crippen LogP contribution is 2.22. The van der Waals surface area contributed by atoms with Crippen molar-refractivity contribution in [2.24, 2.45) is 0 Å². The minimum Gasteiger partial charge on any atom is -0.444 e. The third-order valence-corrected chi connectivity index (χ3v) is 3.05. The van der Waals surface area contributed by atoms with Crippen molar-refractivity contribution in [3.63, 3.8) is 0 Å². The van der Waals surface area contributed by atoms with E-state index in [0.717, 1.165) is 15.6 Å². The lowest BCUT2D eigenvalue weighted by Gasteiger charge is -2.19. The molecule has 0 bridgehead atoms. The van der Waals surface area contributed by atoms with Gasteiger partial charge in [-0.15, -0.1) is 11.3 Å². The van der Waals surface area contributed by atoms with Gasteiger partial charge < -0.3 is 10.1 Å². The Hall–Kier alpha value is -1.000. The fraction of sp³-hybridized carbons (Fsp3) is 0.462. The summed E-state index contributed by atoms with van der Waals surface area (Å²) in [5.41, 5.74) is -0.451. The van der Waals surface area contributed by atoms with Crippen LogP contribution >= 0.6 is 22.9 Å². The van der Waals surface area contributed by atoms with Crippen molar-refractivity contribution in [3.8, 4) is 0 Å². The van der Waals surface area contributed by atoms with Crippen molar-refractivity contribution in [1.82, 2.24) is 5.32 Å². The monoisotopic (exact) mass is 287 g/mol. The minimum atomic E-state index is -0.451. The van der Waals surface area contributed by atoms with Gasteiger partial charge in [-0.1, -0.05) is 17.7 Å². The molecule has 0 fully saturated rings. The predicted octanol–water partition coefficient (Wildman–Crippen LogP) is 4.33. The molecule has 0 aromatic carbocycles. The van der Waals surface area contributed by atoms with Gasteiger partial charge in [0.15, 0.2) is 0 Å². The van der Waals surface area contributed by atoms with Gasteiger partial charge in [0.05, 0.1) is 4.34 Å². The Kier molecular flexibility index (Phi) is 5.69. The number of carbonyl (C=O) groups is 1. The molecule has 1 N–H and O–H groups in total. The molecule has 0 aliphatic rings. The van der Waals surface area contributed by atoms with Gasteiger partial charge in [0.25, 0.3) is 0 Å². The number of alkyl carbamates (subject to hydrolysis) is 1. The summed E-state index contributed by atoms with van der Waals surface area (Å²) in [6, 6.07) is 3.83. The van der Waals surface area contributed by atoms with Gasteiger partial charge in [0, 0.05) is 11.4 Å². The summed E-state index contributed by atoms with van der Waals surface area (Å²) < 4.78 is 5.90. The minimum absolute atomic E-state index is 0.380. The lowest BCUT2D eigenvalue weighted by Crippen LogP contribution is -2.32. The molecule has 0 aliphatic heterocycles. The lowest BCUT2D eigenvalue weighted by molar-refractivity contribution is 0.0529. The molecule has 0 unspecified atom stereocenters. The largest absolute Gasteiger partial charge is 0.444 e. The molecule has 0 atom stereocenters. The topological polar surface area (TPSA) is 38.3 Å². The second-order valence-corrected chi connectivity index (χ2v) is 6.51. The zero-order valence-electron chi connectivity index (χ0n) is 10.8. The summed E-state index contributed by atoms with van der Waals surface area (Å²) in [7, 11) is 0. The van der Waals surface area contributed by atoms with Crippen LogP contribution in [-0.4, -0.2) is 18.2 Å². The van der Waals surface area contributed by atoms with E-state index in [0.29, 0.717) is 6.54 Å². The molecule has 1 rings (SSSR count). The molecule has 5 heteroatoms. The number of hydrogen-bond donors (Lipinski definition) is 1. The van der Waals surface area contributed by atoms with Crippen LogP contribution in [0.1, 0.15) is 32.1 Å². The number of amides is 1. The molecule has 1 aromatic rings. The molecular formula is C13H18ClNO2S. The zero-order valence-corrected chi connectivity index (χ0v) is 12.4. The number of rotatable bonds is 4. The molecule has 100 valence electrons. The molecule has 1 aromatic heterocycles. The first kappa shape index (κ1) is 15.1. The summed E-state index contributed by atoms with van der Waals surface area (Å²) in [6.45, 7) is 6.08. The highest BCUT2D eigenvalue weighted by molar-refractivity contribution is 7.16. The van der Waals surface area contributed by atoms with Gasteiger partial charge in [-0.2, -0.15) is 0 Å². The van der Waals surface area contributed by atoms with Crippen molar-refractivity contribution in [2.75, 3.05) is 6.54 Å². The Morgan fingerprint density at radius 1 is 1.50 bits per heavy atom. The fourth-order valence-corrected chi connectivity index (χ4v) is 2.18. The van der Waals surface area contributed by atoms with Gasteiger partial charge in [0.2, 0.25) is 0 Å². The summed E-state index contributed by atoms with van der Waals surface area (Å²) in [6.07, 6.45) is 4.37. The van der Waals surface area contributed by atoms with E-state index in [9.17, 15) is 4.79 Å². The van der Waals surface area contributed by atoms with E-state index in [1.54, 1.807) is 0 Å². The van der Waals surface area contributed by atoms with Crippen molar-refractivity contribution < 1.29 is 9.53 Å². The van der Waals surface area contributed by atoms with E-state index < -0.39 is 5.60 Å². The second kappa shape index (κ2) is 6.81. The molecule has 3 nitrogen and oxygen atoms in total. The Labute approximate surface area is 117 Å². The highest BCUT2D eigenvalue weighted by Gasteiger charge is 2.15. The van der Waals surface area contributed by atoms with Crippen LogP contribution in [0.5, 0.6) is 0 Å². The number of carbonyl (C=O) groups excluding carboxylic acids is 1. The third-order valence-electron chi connectivity index (χ3n) is 1.86. The maximum absolute atomic E-state index is 11.3. The van der Waals surface area contributed by atoms with Crippen LogP contribution in [-0.2, 0) is 4.74 Å². The van der Waals surface area contributed by atoms with Gasteiger partial charge >= 0.3 is 6.09 Å². The SMILES string of the molecule is CC(C)(C)OC(=O)NCCC=Cc1ccc(Cl)s1. The van der Waals surface area contributed by atoms with E-state index in [1.165, 1.54) is 11.3 Å². The van der Waals surface area contributed by atoms with Crippen molar-refractivity contribution in [1.29, 1.82) is 0 Å². The average Bonchev–Trinajstić information content (AvgIpc) is 2.61. The lowest BCUT2D eigenvalue weighted by atomic mass is 10.2. The van der Waals surface area contributed by atoms with Gasteiger partial charge in [-0.3, -0.25) is 0 Å². The number of thiophene rings is 1. The van der Waals surface area contributed by atoms with E-state index >= 15 is 0 Å². The molecular weight excluding hydrogens is 270 g/mol. The first-order chi connectivity index (χ1) is 8.37. The van der Waals surface area contributed by atoms with E-state index in [4.69, 9.17) is 16.3 Å². The molecule has 18 heavy (non-hydrogen) atoms. The van der Waals surface area contributed by atoms with Crippen LogP contribution in [0.25, 0.3) is 6.08 Å². The standard InChI is InChI=1S/C13H18ClNO2S/c1-13(2,3)17-12(16)15-9-5-4-6-10-7-8-11(14)18-10/h4,6-8H,5,9H2,1-3H3,(H,15,16). The molecule has 1 amide bonds. The number of ether oxygens (including phenoxy) is 1. The summed E-state index contributed by atoms with van der Waals surface area (Å²) in [4.78, 5) is 12.4. The first-order valence-corrected chi connectivity index (χ1v) is 6.95. The summed E-state index contributed by atoms with van der Waals surface area (Å²) in [5, 5.41) is 2.70. The third kappa shape index (κ3) is 6.67. The maximum Gasteiger partial charge on any atom is 0.407 e. The Morgan fingerprint density at radius 2 is 2.22 bits per heavy atom. The van der Waals surface area contributed by atoms with Crippen molar-refractivity contribution in [2.45, 2.75) is 32.8 Å². The van der Waals surface area contributed by atoms with Gasteiger partial charge in [-0.05, 0) is 45.4 Å². The predicted molar refractivity (Wildman–Crippen MR) is 77.2 cm³/mol. The fourth-order valence-electron chi connectivity index (χ4n) is 1.19. The van der Waals surface area contributed by atoms with Crippen LogP contribution in [0, 0.1) is 0 Å². The van der Waals surface area contributed by atoms with Crippen molar-refractivity contribution >= 4 is 35.1 Å². The van der Waals surface area contributed by atoms with Crippen LogP contribution in [0.2, 0.25) is 4.34 Å². The Bertz CT molecular complexity index is 421. The molecule has 0 aliphatic carbocycles. The Morgan fingerprint density at radius 3 is 2.78 bits per heavy atom. The molecule has 0 saturated carbocycles. The first-order valence-electron chi connectivity index (χ1n) is 5.75. The van der Waals surface area contributed by atoms with Crippen LogP contribution in [0.15, 0.2) is 18.2 Å². The van der Waals surface area contributed by atoms with E-state index in [-0.39, 0.29) is 6.09 Å². The quantitative estimate of drug-likeness (QED) is 0.837. The number of nitrogens with one attached hydrogen (secondary N) is 1. The normalized spacial score (nSPS) is 11.8. The summed E-state index contributed by atoms with van der Waals surface area (Å²) >= 11 is 7.34. The highest BCUT2D eigenvalue weighted by atomic mass is 35.5. The van der Waals surface area contributed by atoms with Crippen LogP contribution in [0.3, 0.4) is 0 Å². The summed E-state index contributed by atoms with van der Waals surface area (Å²) in [5.74, 6) is 0. The van der Waals surface area contributed by atoms with Gasteiger partial charge in [0.1, 0.15) is 5.60 Å². The molecule has 1 heterocycles. The van der Waals surface area contributed by atoms with Crippen LogP contribution in [0.4, 0.5) is 4.79 Å². The van der Waals surface area contributed by atoms with E-state index in [2.05, 4.69) is 5.32 Å². The molecule has 0 saturated heterocycles. The zero-order chi connectivity index (χ0) is 13.6. The average molecular weight is 288 g/mol. The van der Waals surface area contributed by atoms with Crippen molar-refractivity contribution in [3.05, 3.63) is 27.4 Å². The smallest absolute Gasteiger partial charge is 0.407 e.